The molecule has 17 heavy (non-hydrogen) atoms. The largest absolute Gasteiger partial charge is 0.326 e. The number of nitrogens with one attached hydrogen (secondary N) is 1. The molecule has 0 unspecified atom stereocenters. The van der Waals surface area contributed by atoms with Crippen molar-refractivity contribution in [1.29, 1.82) is 0 Å². The first-order chi connectivity index (χ1) is 8.06. The number of hydrogen-bond donors (Lipinski definition) is 1. The Morgan fingerprint density at radius 2 is 2.18 bits per heavy atom. The Hall–Kier alpha value is -1.91. The van der Waals surface area contributed by atoms with Gasteiger partial charge in [0.15, 0.2) is 0 Å². The number of carbonyl (C=O) groups is 1. The van der Waals surface area contributed by atoms with Crippen molar-refractivity contribution in [2.24, 2.45) is 0 Å². The first-order valence-corrected chi connectivity index (χ1v) is 5.60. The molecule has 92 valence electrons. The minimum atomic E-state index is -0.406. The van der Waals surface area contributed by atoms with Gasteiger partial charge in [-0.05, 0) is 18.9 Å². The van der Waals surface area contributed by atoms with Crippen molar-refractivity contribution in [3.8, 4) is 0 Å². The van der Waals surface area contributed by atoms with Gasteiger partial charge in [-0.3, -0.25) is 14.9 Å². The SMILES string of the molecule is CCCCc1c(NC(C)=O)cccc1[N+](=O)[O-]. The van der Waals surface area contributed by atoms with Gasteiger partial charge >= 0.3 is 0 Å². The van der Waals surface area contributed by atoms with Crippen molar-refractivity contribution in [1.82, 2.24) is 0 Å². The van der Waals surface area contributed by atoms with Gasteiger partial charge in [0.05, 0.1) is 16.2 Å². The molecule has 0 aliphatic heterocycles. The second-order valence-corrected chi connectivity index (χ2v) is 3.85. The summed E-state index contributed by atoms with van der Waals surface area (Å²) >= 11 is 0. The number of hydrogen-bond acceptors (Lipinski definition) is 3. The third-order valence-electron chi connectivity index (χ3n) is 2.44. The molecule has 0 spiro atoms. The molecule has 1 amide bonds. The highest BCUT2D eigenvalue weighted by Gasteiger charge is 2.17. The molecule has 0 heterocycles. The van der Waals surface area contributed by atoms with Crippen molar-refractivity contribution in [3.63, 3.8) is 0 Å². The number of carbonyl (C=O) groups excluding carboxylic acids is 1. The Balaban J connectivity index is 3.13. The monoisotopic (exact) mass is 236 g/mol. The third-order valence-corrected chi connectivity index (χ3v) is 2.44. The molecule has 1 N–H and O–H groups in total. The van der Waals surface area contributed by atoms with Crippen LogP contribution >= 0.6 is 0 Å². The summed E-state index contributed by atoms with van der Waals surface area (Å²) in [6.07, 6.45) is 2.41. The summed E-state index contributed by atoms with van der Waals surface area (Å²) in [4.78, 5) is 21.5. The number of amides is 1. The van der Waals surface area contributed by atoms with Crippen molar-refractivity contribution in [2.75, 3.05) is 5.32 Å². The highest BCUT2D eigenvalue weighted by molar-refractivity contribution is 5.90. The molecule has 5 heteroatoms. The van der Waals surface area contributed by atoms with Crippen LogP contribution in [0, 0.1) is 10.1 Å². The highest BCUT2D eigenvalue weighted by atomic mass is 16.6. The van der Waals surface area contributed by atoms with Gasteiger partial charge in [0, 0.05) is 13.0 Å². The van der Waals surface area contributed by atoms with Crippen LogP contribution in [0.25, 0.3) is 0 Å². The van der Waals surface area contributed by atoms with Gasteiger partial charge < -0.3 is 5.32 Å². The lowest BCUT2D eigenvalue weighted by Gasteiger charge is -2.09. The van der Waals surface area contributed by atoms with Crippen molar-refractivity contribution in [2.45, 2.75) is 33.1 Å². The standard InChI is InChI=1S/C12H16N2O3/c1-3-4-6-10-11(13-9(2)15)7-5-8-12(10)14(16)17/h5,7-8H,3-4,6H2,1-2H3,(H,13,15). The van der Waals surface area contributed by atoms with Crippen molar-refractivity contribution in [3.05, 3.63) is 33.9 Å². The van der Waals surface area contributed by atoms with Gasteiger partial charge in [-0.2, -0.15) is 0 Å². The number of benzene rings is 1. The maximum Gasteiger partial charge on any atom is 0.274 e. The topological polar surface area (TPSA) is 72.2 Å². The third kappa shape index (κ3) is 3.55. The van der Waals surface area contributed by atoms with Gasteiger partial charge in [0.1, 0.15) is 0 Å². The lowest BCUT2D eigenvalue weighted by atomic mass is 10.0. The van der Waals surface area contributed by atoms with Crippen molar-refractivity contribution < 1.29 is 9.72 Å². The van der Waals surface area contributed by atoms with Crippen LogP contribution in [-0.2, 0) is 11.2 Å². The molecule has 0 fully saturated rings. The molecule has 0 radical (unpaired) electrons. The average molecular weight is 236 g/mol. The van der Waals surface area contributed by atoms with Crippen LogP contribution in [0.5, 0.6) is 0 Å². The van der Waals surface area contributed by atoms with Gasteiger partial charge in [0.2, 0.25) is 5.91 Å². The molecule has 0 aliphatic rings. The zero-order chi connectivity index (χ0) is 12.8. The number of rotatable bonds is 5. The Bertz CT molecular complexity index is 430. The van der Waals surface area contributed by atoms with E-state index in [4.69, 9.17) is 0 Å². The first kappa shape index (κ1) is 13.2. The highest BCUT2D eigenvalue weighted by Crippen LogP contribution is 2.28. The number of unbranched alkanes of at least 4 members (excludes halogenated alkanes) is 1. The maximum atomic E-state index is 11.0. The van der Waals surface area contributed by atoms with E-state index >= 15 is 0 Å². The first-order valence-electron chi connectivity index (χ1n) is 5.60. The number of nitro benzene ring substituents is 1. The van der Waals surface area contributed by atoms with Crippen LogP contribution in [0.3, 0.4) is 0 Å². The van der Waals surface area contributed by atoms with Crippen LogP contribution < -0.4 is 5.32 Å². The fraction of sp³-hybridized carbons (Fsp3) is 0.417. The second-order valence-electron chi connectivity index (χ2n) is 3.85. The Morgan fingerprint density at radius 1 is 1.47 bits per heavy atom. The van der Waals surface area contributed by atoms with E-state index in [0.29, 0.717) is 17.7 Å². The van der Waals surface area contributed by atoms with E-state index in [0.717, 1.165) is 12.8 Å². The summed E-state index contributed by atoms with van der Waals surface area (Å²) in [5, 5.41) is 13.5. The van der Waals surface area contributed by atoms with Crippen molar-refractivity contribution >= 4 is 17.3 Å². The molecule has 5 nitrogen and oxygen atoms in total. The average Bonchev–Trinajstić information content (AvgIpc) is 2.26. The van der Waals surface area contributed by atoms with Gasteiger partial charge in [0.25, 0.3) is 5.69 Å². The van der Waals surface area contributed by atoms with E-state index in [1.54, 1.807) is 12.1 Å². The molecule has 0 atom stereocenters. The van der Waals surface area contributed by atoms with E-state index in [9.17, 15) is 14.9 Å². The van der Waals surface area contributed by atoms with Crippen LogP contribution in [0.4, 0.5) is 11.4 Å². The molecule has 0 aliphatic carbocycles. The lowest BCUT2D eigenvalue weighted by Crippen LogP contribution is -2.09. The zero-order valence-corrected chi connectivity index (χ0v) is 10.0. The Morgan fingerprint density at radius 3 is 2.71 bits per heavy atom. The smallest absolute Gasteiger partial charge is 0.274 e. The molecular weight excluding hydrogens is 220 g/mol. The molecule has 0 saturated carbocycles. The molecule has 1 aromatic carbocycles. The quantitative estimate of drug-likeness (QED) is 0.631. The molecule has 1 aromatic rings. The lowest BCUT2D eigenvalue weighted by molar-refractivity contribution is -0.385. The predicted molar refractivity (Wildman–Crippen MR) is 66.0 cm³/mol. The fourth-order valence-corrected chi connectivity index (χ4v) is 1.67. The van der Waals surface area contributed by atoms with Gasteiger partial charge in [-0.15, -0.1) is 0 Å². The van der Waals surface area contributed by atoms with E-state index in [-0.39, 0.29) is 11.6 Å². The number of nitro groups is 1. The molecular formula is C12H16N2O3. The second kappa shape index (κ2) is 5.98. The Labute approximate surface area is 100.0 Å². The van der Waals surface area contributed by atoms with E-state index in [1.165, 1.54) is 13.0 Å². The van der Waals surface area contributed by atoms with E-state index in [1.807, 2.05) is 6.92 Å². The summed E-state index contributed by atoms with van der Waals surface area (Å²) in [5.41, 5.74) is 1.22. The van der Waals surface area contributed by atoms with E-state index < -0.39 is 4.92 Å². The molecule has 0 bridgehead atoms. The minimum Gasteiger partial charge on any atom is -0.326 e. The minimum absolute atomic E-state index is 0.0738. The summed E-state index contributed by atoms with van der Waals surface area (Å²) < 4.78 is 0. The summed E-state index contributed by atoms with van der Waals surface area (Å²) in [6.45, 7) is 3.41. The van der Waals surface area contributed by atoms with Crippen LogP contribution in [0.1, 0.15) is 32.3 Å². The predicted octanol–water partition coefficient (Wildman–Crippen LogP) is 2.90. The summed E-state index contributed by atoms with van der Waals surface area (Å²) in [7, 11) is 0. The number of anilines is 1. The van der Waals surface area contributed by atoms with Crippen LogP contribution in [0.2, 0.25) is 0 Å². The zero-order valence-electron chi connectivity index (χ0n) is 10.0. The normalized spacial score (nSPS) is 10.0. The van der Waals surface area contributed by atoms with Crippen LogP contribution in [0.15, 0.2) is 18.2 Å². The molecule has 0 aromatic heterocycles. The number of nitrogens with zero attached hydrogens (tertiary/aromatic N) is 1. The van der Waals surface area contributed by atoms with Crippen LogP contribution in [-0.4, -0.2) is 10.8 Å². The fourth-order valence-electron chi connectivity index (χ4n) is 1.67. The van der Waals surface area contributed by atoms with Gasteiger partial charge in [-0.25, -0.2) is 0 Å². The Kier molecular flexibility index (Phi) is 4.63. The van der Waals surface area contributed by atoms with E-state index in [2.05, 4.69) is 5.32 Å². The molecule has 1 rings (SSSR count). The summed E-state index contributed by atoms with van der Waals surface area (Å²) in [5.74, 6) is -0.219. The summed E-state index contributed by atoms with van der Waals surface area (Å²) in [6, 6.07) is 4.74. The molecule has 0 saturated heterocycles. The van der Waals surface area contributed by atoms with Gasteiger partial charge in [-0.1, -0.05) is 19.4 Å². The maximum absolute atomic E-state index is 11.0.